The molecule has 1 amide bonds. The van der Waals surface area contributed by atoms with Crippen molar-refractivity contribution in [2.45, 2.75) is 18.6 Å². The van der Waals surface area contributed by atoms with Crippen LogP contribution in [-0.4, -0.2) is 29.6 Å². The first-order valence-corrected chi connectivity index (χ1v) is 7.42. The monoisotopic (exact) mass is 335 g/mol. The molecule has 1 aliphatic heterocycles. The fourth-order valence-corrected chi connectivity index (χ4v) is 2.65. The largest absolute Gasteiger partial charge is 0.478 e. The number of aromatic carboxylic acids is 1. The van der Waals surface area contributed by atoms with Crippen LogP contribution in [0.3, 0.4) is 0 Å². The van der Waals surface area contributed by atoms with E-state index in [4.69, 9.17) is 25.9 Å². The van der Waals surface area contributed by atoms with Crippen LogP contribution in [0.5, 0.6) is 0 Å². The number of rotatable bonds is 4. The lowest BCUT2D eigenvalue weighted by molar-refractivity contribution is 0.0695. The van der Waals surface area contributed by atoms with Crippen LogP contribution in [0.2, 0.25) is 5.02 Å². The van der Waals surface area contributed by atoms with Gasteiger partial charge in [-0.15, -0.1) is 0 Å². The maximum atomic E-state index is 12.2. The summed E-state index contributed by atoms with van der Waals surface area (Å²) in [5.41, 5.74) is 0.856. The predicted molar refractivity (Wildman–Crippen MR) is 81.7 cm³/mol. The molecule has 23 heavy (non-hydrogen) atoms. The van der Waals surface area contributed by atoms with E-state index in [1.54, 1.807) is 12.1 Å². The average molecular weight is 336 g/mol. The number of furan rings is 1. The normalized spacial score (nSPS) is 20.4. The second kappa shape index (κ2) is 6.44. The van der Waals surface area contributed by atoms with Gasteiger partial charge < -0.3 is 19.6 Å². The first-order chi connectivity index (χ1) is 11.0. The number of hydrogen-bond donors (Lipinski definition) is 2. The summed E-state index contributed by atoms with van der Waals surface area (Å²) in [6.07, 6.45) is 1.43. The first kappa shape index (κ1) is 15.6. The van der Waals surface area contributed by atoms with Gasteiger partial charge in [0.2, 0.25) is 0 Å². The molecule has 0 bridgehead atoms. The van der Waals surface area contributed by atoms with Gasteiger partial charge in [-0.3, -0.25) is 4.79 Å². The van der Waals surface area contributed by atoms with Crippen LogP contribution in [0.1, 0.15) is 39.0 Å². The number of carboxylic acid groups (broad SMARTS) is 1. The molecule has 0 saturated carbocycles. The summed E-state index contributed by atoms with van der Waals surface area (Å²) in [6.45, 7) is 0.525. The molecule has 6 nitrogen and oxygen atoms in total. The average Bonchev–Trinajstić information content (AvgIpc) is 3.17. The van der Waals surface area contributed by atoms with Gasteiger partial charge in [-0.2, -0.15) is 0 Å². The zero-order chi connectivity index (χ0) is 16.4. The molecule has 1 aromatic heterocycles. The molecule has 2 N–H and O–H groups in total. The number of carbonyl (C=O) groups excluding carboxylic acids is 1. The number of hydrogen-bond acceptors (Lipinski definition) is 4. The minimum absolute atomic E-state index is 0.0378. The van der Waals surface area contributed by atoms with Crippen molar-refractivity contribution in [2.24, 2.45) is 0 Å². The number of halogens is 1. The minimum atomic E-state index is -1.14. The van der Waals surface area contributed by atoms with Crippen molar-refractivity contribution in [1.82, 2.24) is 5.32 Å². The summed E-state index contributed by atoms with van der Waals surface area (Å²) >= 11 is 5.88. The number of carbonyl (C=O) groups is 2. The van der Waals surface area contributed by atoms with Crippen molar-refractivity contribution in [1.29, 1.82) is 0 Å². The van der Waals surface area contributed by atoms with Crippen LogP contribution in [0.4, 0.5) is 0 Å². The molecule has 0 unspecified atom stereocenters. The first-order valence-electron chi connectivity index (χ1n) is 7.04. The lowest BCUT2D eigenvalue weighted by atomic mass is 10.0. The maximum Gasteiger partial charge on any atom is 0.338 e. The van der Waals surface area contributed by atoms with Crippen LogP contribution >= 0.6 is 11.6 Å². The van der Waals surface area contributed by atoms with E-state index in [9.17, 15) is 9.59 Å². The van der Waals surface area contributed by atoms with Gasteiger partial charge in [0.15, 0.2) is 5.76 Å². The molecule has 1 aromatic carbocycles. The number of ether oxygens (including phenoxy) is 1. The summed E-state index contributed by atoms with van der Waals surface area (Å²) in [5.74, 6) is -1.65. The lowest BCUT2D eigenvalue weighted by Crippen LogP contribution is -2.36. The topological polar surface area (TPSA) is 88.8 Å². The Morgan fingerprint density at radius 3 is 2.65 bits per heavy atom. The van der Waals surface area contributed by atoms with E-state index in [1.165, 1.54) is 6.07 Å². The van der Waals surface area contributed by atoms with Crippen LogP contribution in [0, 0.1) is 0 Å². The molecule has 0 aliphatic carbocycles. The second-order valence-electron chi connectivity index (χ2n) is 5.22. The smallest absolute Gasteiger partial charge is 0.338 e. The molecule has 0 spiro atoms. The van der Waals surface area contributed by atoms with Gasteiger partial charge in [-0.05, 0) is 24.1 Å². The Morgan fingerprint density at radius 2 is 2.00 bits per heavy atom. The van der Waals surface area contributed by atoms with Gasteiger partial charge in [0.1, 0.15) is 12.4 Å². The second-order valence-corrected chi connectivity index (χ2v) is 5.65. The van der Waals surface area contributed by atoms with E-state index in [0.29, 0.717) is 18.1 Å². The van der Waals surface area contributed by atoms with Crippen molar-refractivity contribution < 1.29 is 23.8 Å². The molecule has 1 fully saturated rings. The molecular formula is C16H14ClNO5. The van der Waals surface area contributed by atoms with Gasteiger partial charge in [0.25, 0.3) is 5.91 Å². The van der Waals surface area contributed by atoms with Gasteiger partial charge in [0.05, 0.1) is 11.6 Å². The van der Waals surface area contributed by atoms with Crippen LogP contribution in [0.15, 0.2) is 41.0 Å². The van der Waals surface area contributed by atoms with Gasteiger partial charge >= 0.3 is 5.97 Å². The van der Waals surface area contributed by atoms with Gasteiger partial charge in [-0.25, -0.2) is 4.79 Å². The minimum Gasteiger partial charge on any atom is -0.478 e. The van der Waals surface area contributed by atoms with Crippen molar-refractivity contribution in [3.63, 3.8) is 0 Å². The van der Waals surface area contributed by atoms with E-state index in [1.807, 2.05) is 12.1 Å². The summed E-state index contributed by atoms with van der Waals surface area (Å²) in [4.78, 5) is 23.0. The predicted octanol–water partition coefficient (Wildman–Crippen LogP) is 2.89. The molecule has 2 aromatic rings. The fraction of sp³-hybridized carbons (Fsp3) is 0.250. The Labute approximate surface area is 137 Å². The van der Waals surface area contributed by atoms with E-state index in [-0.39, 0.29) is 23.5 Å². The molecule has 120 valence electrons. The maximum absolute atomic E-state index is 12.2. The van der Waals surface area contributed by atoms with E-state index < -0.39 is 11.9 Å². The Kier molecular flexibility index (Phi) is 4.36. The molecule has 3 rings (SSSR count). The van der Waals surface area contributed by atoms with Gasteiger partial charge in [0, 0.05) is 17.7 Å². The highest BCUT2D eigenvalue weighted by atomic mass is 35.5. The highest BCUT2D eigenvalue weighted by Crippen LogP contribution is 2.30. The zero-order valence-corrected chi connectivity index (χ0v) is 12.7. The van der Waals surface area contributed by atoms with E-state index in [0.717, 1.165) is 11.8 Å². The fourth-order valence-electron chi connectivity index (χ4n) is 2.53. The van der Waals surface area contributed by atoms with E-state index >= 15 is 0 Å². The van der Waals surface area contributed by atoms with Crippen molar-refractivity contribution in [3.8, 4) is 0 Å². The SMILES string of the molecule is O=C(O)c1coc(C(=O)N[C@H]2CCO[C@@H]2c2ccc(Cl)cc2)c1. The van der Waals surface area contributed by atoms with Gasteiger partial charge in [-0.1, -0.05) is 23.7 Å². The molecule has 2 heterocycles. The van der Waals surface area contributed by atoms with Crippen molar-refractivity contribution in [3.05, 3.63) is 58.5 Å². The number of carboxylic acids is 1. The number of nitrogens with one attached hydrogen (secondary N) is 1. The van der Waals surface area contributed by atoms with Crippen LogP contribution < -0.4 is 5.32 Å². The molecular weight excluding hydrogens is 322 g/mol. The molecule has 0 radical (unpaired) electrons. The number of amides is 1. The highest BCUT2D eigenvalue weighted by molar-refractivity contribution is 6.30. The molecule has 2 atom stereocenters. The summed E-state index contributed by atoms with van der Waals surface area (Å²) < 4.78 is 10.7. The van der Waals surface area contributed by atoms with E-state index in [2.05, 4.69) is 5.32 Å². The zero-order valence-electron chi connectivity index (χ0n) is 12.0. The lowest BCUT2D eigenvalue weighted by Gasteiger charge is -2.19. The third-order valence-corrected chi connectivity index (χ3v) is 3.93. The van der Waals surface area contributed by atoms with Crippen LogP contribution in [-0.2, 0) is 4.74 Å². The Morgan fingerprint density at radius 1 is 1.26 bits per heavy atom. The quantitative estimate of drug-likeness (QED) is 0.896. The van der Waals surface area contributed by atoms with Crippen molar-refractivity contribution >= 4 is 23.5 Å². The Balaban J connectivity index is 1.71. The summed E-state index contributed by atoms with van der Waals surface area (Å²) in [5, 5.41) is 12.3. The Hall–Kier alpha value is -2.31. The third kappa shape index (κ3) is 3.38. The van der Waals surface area contributed by atoms with Crippen LogP contribution in [0.25, 0.3) is 0 Å². The molecule has 1 saturated heterocycles. The standard InChI is InChI=1S/C16H14ClNO5/c17-11-3-1-9(2-4-11)14-12(5-6-22-14)18-15(19)13-7-10(8-23-13)16(20)21/h1-4,7-8,12,14H,5-6H2,(H,18,19)(H,20,21)/t12-,14+/m0/s1. The Bertz CT molecular complexity index is 724. The van der Waals surface area contributed by atoms with Crippen molar-refractivity contribution in [2.75, 3.05) is 6.61 Å². The number of benzene rings is 1. The summed E-state index contributed by atoms with van der Waals surface area (Å²) in [6, 6.07) is 8.22. The molecule has 7 heteroatoms. The molecule has 1 aliphatic rings. The summed E-state index contributed by atoms with van der Waals surface area (Å²) in [7, 11) is 0. The third-order valence-electron chi connectivity index (χ3n) is 3.68. The highest BCUT2D eigenvalue weighted by Gasteiger charge is 2.31.